The van der Waals surface area contributed by atoms with Crippen LogP contribution in [0.25, 0.3) is 0 Å². The molecule has 77 heavy (non-hydrogen) atoms. The quantitative estimate of drug-likeness (QED) is 0.106. The zero-order valence-corrected chi connectivity index (χ0v) is 50.9. The minimum Gasteiger partial charge on any atom is -0.387 e. The van der Waals surface area contributed by atoms with E-state index in [1.165, 1.54) is 0 Å². The van der Waals surface area contributed by atoms with Crippen LogP contribution in [-0.4, -0.2) is 324 Å². The molecule has 14 bridgehead atoms. The van der Waals surface area contributed by atoms with E-state index in [4.69, 9.17) is 66.3 Å². The molecule has 35 heteroatoms. The molecule has 15 saturated heterocycles. The number of halogens is 7. The molecule has 0 aromatic rings. The summed E-state index contributed by atoms with van der Waals surface area (Å²) < 4.78 is 84.2. The Balaban J connectivity index is 1.08. The normalized spacial score (nSPS) is 55.4. The van der Waals surface area contributed by atoms with E-state index in [1.54, 1.807) is 0 Å². The van der Waals surface area contributed by atoms with Gasteiger partial charge in [0.1, 0.15) is 128 Å². The van der Waals surface area contributed by atoms with Crippen molar-refractivity contribution in [3.05, 3.63) is 0 Å². The van der Waals surface area contributed by atoms with Gasteiger partial charge in [-0.1, -0.05) is 112 Å². The van der Waals surface area contributed by atoms with Gasteiger partial charge >= 0.3 is 0 Å². The van der Waals surface area contributed by atoms with Crippen molar-refractivity contribution in [3.8, 4) is 0 Å². The van der Waals surface area contributed by atoms with Gasteiger partial charge in [0.2, 0.25) is 0 Å². The number of alkyl halides is 7. The summed E-state index contributed by atoms with van der Waals surface area (Å²) in [7, 11) is 0. The molecular weight excluding hydrogens is 1510 g/mol. The fourth-order valence-electron chi connectivity index (χ4n) is 10.3. The number of hydrogen-bond acceptors (Lipinski definition) is 28. The van der Waals surface area contributed by atoms with Gasteiger partial charge in [0.15, 0.2) is 44.0 Å². The van der Waals surface area contributed by atoms with Crippen molar-refractivity contribution in [3.63, 3.8) is 0 Å². The number of aliphatic hydroxyl groups is 14. The third kappa shape index (κ3) is 13.4. The zero-order valence-electron chi connectivity index (χ0n) is 39.8. The van der Waals surface area contributed by atoms with Gasteiger partial charge in [-0.05, 0) is 0 Å². The summed E-state index contributed by atoms with van der Waals surface area (Å²) in [6, 6.07) is 0. The maximum absolute atomic E-state index is 11.5. The first kappa shape index (κ1) is 65.2. The Morgan fingerprint density at radius 1 is 0.169 bits per heavy atom. The van der Waals surface area contributed by atoms with Crippen molar-refractivity contribution in [2.45, 2.75) is 215 Å². The van der Waals surface area contributed by atoms with Crippen molar-refractivity contribution in [2.75, 3.05) is 37.3 Å². The summed E-state index contributed by atoms with van der Waals surface area (Å²) >= 11 is 23.1. The third-order valence-electron chi connectivity index (χ3n) is 14.6. The molecule has 0 unspecified atom stereocenters. The lowest BCUT2D eigenvalue weighted by molar-refractivity contribution is -0.388. The minimum atomic E-state index is -1.95. The second-order valence-electron chi connectivity index (χ2n) is 19.5. The molecular formula is C42H63Br7O28. The van der Waals surface area contributed by atoms with E-state index in [0.29, 0.717) is 0 Å². The highest BCUT2D eigenvalue weighted by molar-refractivity contribution is 9.10. The van der Waals surface area contributed by atoms with Crippen LogP contribution < -0.4 is 0 Å². The highest BCUT2D eigenvalue weighted by Gasteiger charge is 2.59. The van der Waals surface area contributed by atoms with Crippen LogP contribution in [0.3, 0.4) is 0 Å². The van der Waals surface area contributed by atoms with Crippen LogP contribution in [0.15, 0.2) is 0 Å². The number of hydrogen-bond donors (Lipinski definition) is 14. The predicted molar refractivity (Wildman–Crippen MR) is 275 cm³/mol. The van der Waals surface area contributed by atoms with Gasteiger partial charge in [0, 0.05) is 37.3 Å². The molecule has 15 aliphatic rings. The Morgan fingerprint density at radius 3 is 0.364 bits per heavy atom. The van der Waals surface area contributed by atoms with Gasteiger partial charge in [-0.25, -0.2) is 0 Å². The van der Waals surface area contributed by atoms with Crippen molar-refractivity contribution >= 4 is 112 Å². The Kier molecular flexibility index (Phi) is 24.0. The average Bonchev–Trinajstić information content (AvgIpc) is 3.42. The summed E-state index contributed by atoms with van der Waals surface area (Å²) in [6.45, 7) is 0. The molecule has 14 N–H and O–H groups in total. The smallest absolute Gasteiger partial charge is 0.187 e. The van der Waals surface area contributed by atoms with Gasteiger partial charge in [0.25, 0.3) is 0 Å². The van der Waals surface area contributed by atoms with E-state index >= 15 is 0 Å². The first-order valence-corrected chi connectivity index (χ1v) is 32.1. The fourth-order valence-corrected chi connectivity index (χ4v) is 13.9. The van der Waals surface area contributed by atoms with Gasteiger partial charge in [-0.15, -0.1) is 0 Å². The van der Waals surface area contributed by atoms with Crippen LogP contribution in [0.1, 0.15) is 0 Å². The van der Waals surface area contributed by atoms with E-state index in [2.05, 4.69) is 112 Å². The van der Waals surface area contributed by atoms with E-state index in [9.17, 15) is 71.5 Å². The van der Waals surface area contributed by atoms with E-state index in [1.807, 2.05) is 0 Å². The third-order valence-corrected chi connectivity index (χ3v) is 19.1. The molecule has 15 fully saturated rings. The number of fused-ring (bicyclic) bond motifs is 7. The van der Waals surface area contributed by atoms with E-state index < -0.39 is 215 Å². The molecule has 0 saturated carbocycles. The summed E-state index contributed by atoms with van der Waals surface area (Å²) in [5.41, 5.74) is 0. The second kappa shape index (κ2) is 28.4. The molecule has 28 nitrogen and oxygen atoms in total. The molecule has 0 aromatic heterocycles. The second-order valence-corrected chi connectivity index (χ2v) is 24.0. The van der Waals surface area contributed by atoms with Gasteiger partial charge in [-0.2, -0.15) is 0 Å². The fraction of sp³-hybridized carbons (Fsp3) is 1.00. The van der Waals surface area contributed by atoms with Crippen LogP contribution in [0.2, 0.25) is 0 Å². The largest absolute Gasteiger partial charge is 0.387 e. The highest BCUT2D eigenvalue weighted by Crippen LogP contribution is 2.40. The lowest BCUT2D eigenvalue weighted by Gasteiger charge is -2.50. The standard InChI is InChI=1S/C42H63Br7O28/c43-1-8-29-15(50)22(57)36(64-8)72-30-9(2-44)66-38(24(59)17(30)52)74-32-11(4-46)68-40(26(61)19(32)54)76-34-13(6-48)70-42(28(63)21(34)56)77-35-14(7-49)69-41(27(62)20(35)55)75-33-12(5-47)67-39(25(60)18(33)53)73-31-10(3-45)65-37(71-29)23(58)16(31)51/h8-42,50-63H,1-7H2/t8-,9-,10-,11-,12-,13-,14-,15+,16+,17+,18+,19+,20+,21+,22-,23-,24-,25-,26-,27-,28-,29+,30+,31+,32+,33+,34+,35+,36+,37+,38+,39+,40+,41+,42+/m0/s1. The minimum absolute atomic E-state index is 0.103. The monoisotopic (exact) mass is 1570 g/mol. The van der Waals surface area contributed by atoms with Crippen molar-refractivity contribution in [2.24, 2.45) is 0 Å². The lowest BCUT2D eigenvalue weighted by Crippen LogP contribution is -2.68. The van der Waals surface area contributed by atoms with Gasteiger partial charge in [0.05, 0.1) is 42.7 Å². The number of aliphatic hydroxyl groups excluding tert-OH is 14. The van der Waals surface area contributed by atoms with Gasteiger partial charge < -0.3 is 138 Å². The van der Waals surface area contributed by atoms with Crippen LogP contribution in [0, 0.1) is 0 Å². The zero-order chi connectivity index (χ0) is 56.1. The average molecular weight is 1580 g/mol. The van der Waals surface area contributed by atoms with Gasteiger partial charge in [-0.3, -0.25) is 0 Å². The molecule has 0 aliphatic carbocycles. The SMILES string of the molecule is O[C@@H]1[C@H]2O[C@H]3[C@H](O)[C@H](O)[C@@H](O[C@H]4[C@H](O)[C@H](O)[C@@H](O[C@H]5[C@H](O)[C@H](O)[C@@H](O[C@H]6[C@H](O)[C@H](O)[C@@H](O[C@H]7[C@H](O)[C@H](O)[C@@H](O[C@H]8[C@H](O)[C@H](O)[C@@H](O[C@@H]([C@@H]1O)[C@H](CBr)O2)O[C@H]8CBr)O[C@H]7CBr)O[C@H]6CBr)O[C@H]5CBr)O[C@H]4CBr)O[C@H]3CBr. The molecule has 0 radical (unpaired) electrons. The maximum atomic E-state index is 11.5. The molecule has 35 atom stereocenters. The Morgan fingerprint density at radius 2 is 0.273 bits per heavy atom. The summed E-state index contributed by atoms with van der Waals surface area (Å²) in [5, 5.41) is 160. The molecule has 15 heterocycles. The number of rotatable bonds is 7. The molecule has 0 amide bonds. The molecule has 0 aromatic carbocycles. The first-order valence-electron chi connectivity index (χ1n) is 24.3. The number of ether oxygens (including phenoxy) is 14. The summed E-state index contributed by atoms with van der Waals surface area (Å²) in [4.78, 5) is 0. The van der Waals surface area contributed by atoms with Crippen molar-refractivity contribution in [1.82, 2.24) is 0 Å². The maximum Gasteiger partial charge on any atom is 0.187 e. The van der Waals surface area contributed by atoms with Crippen LogP contribution in [-0.2, 0) is 66.3 Å². The van der Waals surface area contributed by atoms with Crippen molar-refractivity contribution < 1.29 is 138 Å². The Labute approximate surface area is 497 Å². The molecule has 15 rings (SSSR count). The van der Waals surface area contributed by atoms with E-state index in [0.717, 1.165) is 0 Å². The predicted octanol–water partition coefficient (Wildman–Crippen LogP) is -5.41. The van der Waals surface area contributed by atoms with E-state index in [-0.39, 0.29) is 37.3 Å². The lowest BCUT2D eigenvalue weighted by atomic mass is 9.95. The first-order chi connectivity index (χ1) is 36.7. The van der Waals surface area contributed by atoms with Crippen LogP contribution in [0.5, 0.6) is 0 Å². The molecule has 448 valence electrons. The topological polar surface area (TPSA) is 412 Å². The summed E-state index contributed by atoms with van der Waals surface area (Å²) in [6.07, 6.45) is -58.0. The highest BCUT2D eigenvalue weighted by atomic mass is 79.9. The van der Waals surface area contributed by atoms with Crippen molar-refractivity contribution in [1.29, 1.82) is 0 Å². The van der Waals surface area contributed by atoms with Crippen LogP contribution >= 0.6 is 112 Å². The molecule has 0 spiro atoms. The Hall–Kier alpha value is 2.24. The summed E-state index contributed by atoms with van der Waals surface area (Å²) in [5.74, 6) is 0. The molecule has 15 aliphatic heterocycles. The Bertz CT molecular complexity index is 1490. The van der Waals surface area contributed by atoms with Crippen LogP contribution in [0.4, 0.5) is 0 Å².